The molecule has 1 N–H and O–H groups in total. The average molecular weight is 430 g/mol. The molecule has 0 bridgehead atoms. The molecule has 1 amide bonds. The number of pyridine rings is 1. The first-order chi connectivity index (χ1) is 15.7. The number of aliphatic hydroxyl groups excluding tert-OH is 1. The molecule has 2 aliphatic rings. The van der Waals surface area contributed by atoms with E-state index in [9.17, 15) is 9.90 Å². The molecule has 0 aliphatic carbocycles. The van der Waals surface area contributed by atoms with E-state index in [-0.39, 0.29) is 30.0 Å². The first-order valence-corrected chi connectivity index (χ1v) is 10.9. The Balaban J connectivity index is 1.45. The molecule has 6 nitrogen and oxygen atoms in total. The first-order valence-electron chi connectivity index (χ1n) is 10.9. The van der Waals surface area contributed by atoms with E-state index >= 15 is 0 Å². The lowest BCUT2D eigenvalue weighted by Gasteiger charge is -2.70. The maximum Gasteiger partial charge on any atom is 0.272 e. The largest absolute Gasteiger partial charge is 0.496 e. The Bertz CT molecular complexity index is 1080. The van der Waals surface area contributed by atoms with E-state index in [1.807, 2.05) is 53.4 Å². The van der Waals surface area contributed by atoms with Crippen molar-refractivity contribution in [2.75, 3.05) is 26.8 Å². The van der Waals surface area contributed by atoms with Gasteiger partial charge in [0, 0.05) is 43.4 Å². The summed E-state index contributed by atoms with van der Waals surface area (Å²) >= 11 is 0. The summed E-state index contributed by atoms with van der Waals surface area (Å²) in [5.41, 5.74) is 2.52. The van der Waals surface area contributed by atoms with Gasteiger partial charge in [-0.05, 0) is 23.8 Å². The smallest absolute Gasteiger partial charge is 0.272 e. The number of aliphatic hydroxyl groups is 1. The van der Waals surface area contributed by atoms with Crippen molar-refractivity contribution in [1.82, 2.24) is 14.8 Å². The predicted molar refractivity (Wildman–Crippen MR) is 121 cm³/mol. The summed E-state index contributed by atoms with van der Waals surface area (Å²) in [7, 11) is 1.68. The van der Waals surface area contributed by atoms with Crippen LogP contribution in [0, 0.1) is 0 Å². The van der Waals surface area contributed by atoms with Crippen molar-refractivity contribution < 1.29 is 14.6 Å². The molecular weight excluding hydrogens is 402 g/mol. The second-order valence-corrected chi connectivity index (χ2v) is 8.56. The maximum absolute atomic E-state index is 13.0. The molecule has 2 saturated heterocycles. The van der Waals surface area contributed by atoms with Gasteiger partial charge in [0.25, 0.3) is 5.91 Å². The third kappa shape index (κ3) is 3.27. The number of hydrogen-bond acceptors (Lipinski definition) is 5. The second-order valence-electron chi connectivity index (χ2n) is 8.56. The van der Waals surface area contributed by atoms with Crippen LogP contribution in [0.4, 0.5) is 0 Å². The van der Waals surface area contributed by atoms with Gasteiger partial charge in [0.15, 0.2) is 0 Å². The van der Waals surface area contributed by atoms with Gasteiger partial charge in [0.1, 0.15) is 11.4 Å². The molecule has 2 atom stereocenters. The van der Waals surface area contributed by atoms with Gasteiger partial charge in [-0.15, -0.1) is 0 Å². The average Bonchev–Trinajstić information content (AvgIpc) is 2.82. The number of carbonyl (C=O) groups excluding carboxylic acids is 1. The van der Waals surface area contributed by atoms with Crippen molar-refractivity contribution in [2.24, 2.45) is 0 Å². The zero-order chi connectivity index (χ0) is 22.1. The molecule has 1 spiro atoms. The van der Waals surface area contributed by atoms with Gasteiger partial charge in [-0.3, -0.25) is 14.7 Å². The minimum absolute atomic E-state index is 0.0191. The van der Waals surface area contributed by atoms with E-state index in [1.54, 1.807) is 19.4 Å². The molecule has 1 aromatic heterocycles. The van der Waals surface area contributed by atoms with E-state index in [1.165, 1.54) is 5.56 Å². The summed E-state index contributed by atoms with van der Waals surface area (Å²) in [6, 6.07) is 23.7. The maximum atomic E-state index is 13.0. The summed E-state index contributed by atoms with van der Waals surface area (Å²) in [6.45, 7) is 1.93. The van der Waals surface area contributed by atoms with Crippen molar-refractivity contribution in [3.63, 3.8) is 0 Å². The molecule has 0 unspecified atom stereocenters. The molecule has 164 valence electrons. The van der Waals surface area contributed by atoms with Crippen molar-refractivity contribution >= 4 is 5.91 Å². The van der Waals surface area contributed by atoms with E-state index in [0.29, 0.717) is 25.3 Å². The second kappa shape index (κ2) is 8.37. The number of carbonyl (C=O) groups is 1. The summed E-state index contributed by atoms with van der Waals surface area (Å²) < 4.78 is 5.57. The Morgan fingerprint density at radius 2 is 1.78 bits per heavy atom. The molecule has 5 rings (SSSR count). The molecule has 0 saturated carbocycles. The lowest BCUT2D eigenvalue weighted by molar-refractivity contribution is -0.184. The van der Waals surface area contributed by atoms with Crippen molar-refractivity contribution in [3.8, 4) is 5.75 Å². The van der Waals surface area contributed by atoms with Crippen LogP contribution in [0.3, 0.4) is 0 Å². The van der Waals surface area contributed by atoms with Crippen LogP contribution in [-0.4, -0.2) is 64.2 Å². The highest BCUT2D eigenvalue weighted by atomic mass is 16.5. The summed E-state index contributed by atoms with van der Waals surface area (Å²) in [5.74, 6) is 0.937. The molecule has 2 aromatic carbocycles. The fraction of sp³-hybridized carbons (Fsp3) is 0.308. The SMILES string of the molecule is COc1ccccc1CN1[C@H](CO)[C@H](c2ccccc2)C12CN(C(=O)c1ccccn1)C2. The van der Waals surface area contributed by atoms with Crippen molar-refractivity contribution in [3.05, 3.63) is 95.8 Å². The zero-order valence-corrected chi connectivity index (χ0v) is 18.1. The topological polar surface area (TPSA) is 65.9 Å². The summed E-state index contributed by atoms with van der Waals surface area (Å²) in [6.07, 6.45) is 1.65. The van der Waals surface area contributed by atoms with Gasteiger partial charge >= 0.3 is 0 Å². The van der Waals surface area contributed by atoms with Gasteiger partial charge in [-0.1, -0.05) is 54.6 Å². The van der Waals surface area contributed by atoms with Gasteiger partial charge in [-0.2, -0.15) is 0 Å². The van der Waals surface area contributed by atoms with Crippen LogP contribution in [0.5, 0.6) is 5.75 Å². The van der Waals surface area contributed by atoms with E-state index in [4.69, 9.17) is 4.74 Å². The third-order valence-electron chi connectivity index (χ3n) is 6.92. The highest BCUT2D eigenvalue weighted by Gasteiger charge is 2.66. The standard InChI is InChI=1S/C26H27N3O3/c1-32-23-13-6-5-11-20(23)15-29-22(16-30)24(19-9-3-2-4-10-19)26(29)17-28(18-26)25(31)21-12-7-8-14-27-21/h2-14,22,24,30H,15-18H2,1H3/t22-,24+/m1/s1. The van der Waals surface area contributed by atoms with Gasteiger partial charge < -0.3 is 14.7 Å². The summed E-state index contributed by atoms with van der Waals surface area (Å²) in [5, 5.41) is 10.3. The fourth-order valence-electron chi connectivity index (χ4n) is 5.44. The van der Waals surface area contributed by atoms with E-state index in [2.05, 4.69) is 28.1 Å². The van der Waals surface area contributed by atoms with Crippen LogP contribution in [-0.2, 0) is 6.54 Å². The third-order valence-corrected chi connectivity index (χ3v) is 6.92. The molecule has 3 aromatic rings. The Kier molecular flexibility index (Phi) is 5.41. The Morgan fingerprint density at radius 3 is 2.47 bits per heavy atom. The Hall–Kier alpha value is -3.22. The van der Waals surface area contributed by atoms with Gasteiger partial charge in [0.2, 0.25) is 0 Å². The number of hydrogen-bond donors (Lipinski definition) is 1. The number of rotatable bonds is 6. The number of likely N-dealkylation sites (tertiary alicyclic amines) is 2. The van der Waals surface area contributed by atoms with Crippen LogP contribution in [0.15, 0.2) is 79.0 Å². The lowest BCUT2D eigenvalue weighted by atomic mass is 9.60. The van der Waals surface area contributed by atoms with Crippen LogP contribution >= 0.6 is 0 Å². The molecule has 2 fully saturated rings. The van der Waals surface area contributed by atoms with Gasteiger partial charge in [-0.25, -0.2) is 0 Å². The highest BCUT2D eigenvalue weighted by molar-refractivity contribution is 5.93. The predicted octanol–water partition coefficient (Wildman–Crippen LogP) is 2.95. The number of amides is 1. The summed E-state index contributed by atoms with van der Waals surface area (Å²) in [4.78, 5) is 21.4. The van der Waals surface area contributed by atoms with E-state index < -0.39 is 0 Å². The van der Waals surface area contributed by atoms with Crippen LogP contribution in [0.1, 0.15) is 27.5 Å². The zero-order valence-electron chi connectivity index (χ0n) is 18.1. The molecule has 6 heteroatoms. The fourth-order valence-corrected chi connectivity index (χ4v) is 5.44. The number of para-hydroxylation sites is 1. The minimum Gasteiger partial charge on any atom is -0.496 e. The first kappa shape index (κ1) is 20.7. The van der Waals surface area contributed by atoms with Crippen LogP contribution in [0.25, 0.3) is 0 Å². The molecular formula is C26H27N3O3. The molecule has 0 radical (unpaired) electrons. The van der Waals surface area contributed by atoms with Gasteiger partial charge in [0.05, 0.1) is 19.3 Å². The number of aromatic nitrogens is 1. The number of benzene rings is 2. The normalized spacial score (nSPS) is 21.6. The quantitative estimate of drug-likeness (QED) is 0.653. The van der Waals surface area contributed by atoms with Crippen molar-refractivity contribution in [2.45, 2.75) is 24.0 Å². The Morgan fingerprint density at radius 1 is 1.06 bits per heavy atom. The highest BCUT2D eigenvalue weighted by Crippen LogP contribution is 2.54. The Labute approximate surface area is 188 Å². The number of ether oxygens (including phenoxy) is 1. The van der Waals surface area contributed by atoms with Crippen molar-refractivity contribution in [1.29, 1.82) is 0 Å². The minimum atomic E-state index is -0.222. The molecule has 3 heterocycles. The number of nitrogens with zero attached hydrogens (tertiary/aromatic N) is 3. The van der Waals surface area contributed by atoms with E-state index in [0.717, 1.165) is 11.3 Å². The number of methoxy groups -OCH3 is 1. The van der Waals surface area contributed by atoms with Crippen LogP contribution in [0.2, 0.25) is 0 Å². The molecule has 32 heavy (non-hydrogen) atoms. The lowest BCUT2D eigenvalue weighted by Crippen LogP contribution is -2.84. The monoisotopic (exact) mass is 429 g/mol. The molecule has 2 aliphatic heterocycles. The van der Waals surface area contributed by atoms with Crippen LogP contribution < -0.4 is 4.74 Å².